The minimum absolute atomic E-state index is 0.553. The topological polar surface area (TPSA) is 52.9 Å². The lowest BCUT2D eigenvalue weighted by atomic mass is 9.96. The zero-order valence-electron chi connectivity index (χ0n) is 35.3. The van der Waals surface area contributed by atoms with Crippen LogP contribution in [0.15, 0.2) is 213 Å². The maximum absolute atomic E-state index is 8.05. The first-order valence-corrected chi connectivity index (χ1v) is 21.3. The molecule has 3 heterocycles. The molecule has 0 bridgehead atoms. The van der Waals surface area contributed by atoms with E-state index in [9.17, 15) is 0 Å². The fourth-order valence-corrected chi connectivity index (χ4v) is 8.66. The Morgan fingerprint density at radius 1 is 0.609 bits per heavy atom. The highest BCUT2D eigenvalue weighted by molar-refractivity contribution is 6.14. The molecule has 0 amide bonds. The second-order valence-corrected chi connectivity index (χ2v) is 15.6. The molecule has 0 N–H and O–H groups in total. The van der Waals surface area contributed by atoms with Crippen LogP contribution < -0.4 is 0 Å². The molecule has 10 aromatic rings. The number of allylic oxidation sites excluding steroid dienone is 8. The first-order chi connectivity index (χ1) is 31.6. The van der Waals surface area contributed by atoms with Crippen molar-refractivity contribution < 1.29 is 0 Å². The molecule has 6 nitrogen and oxygen atoms in total. The van der Waals surface area contributed by atoms with E-state index in [2.05, 4.69) is 167 Å². The molecule has 0 aliphatic rings. The van der Waals surface area contributed by atoms with Crippen molar-refractivity contribution in [2.75, 3.05) is 0 Å². The van der Waals surface area contributed by atoms with Crippen molar-refractivity contribution in [2.24, 2.45) is 0 Å². The smallest absolute Gasteiger partial charge is 0.188 e. The normalized spacial score (nSPS) is 12.5. The van der Waals surface area contributed by atoms with E-state index in [0.717, 1.165) is 72.1 Å². The van der Waals surface area contributed by atoms with Gasteiger partial charge in [-0.1, -0.05) is 164 Å². The highest BCUT2D eigenvalue weighted by Gasteiger charge is 2.21. The predicted octanol–water partition coefficient (Wildman–Crippen LogP) is 14.8. The van der Waals surface area contributed by atoms with E-state index in [1.807, 2.05) is 66.8 Å². The van der Waals surface area contributed by atoms with Gasteiger partial charge in [-0.05, 0) is 83.6 Å². The largest absolute Gasteiger partial charge is 0.312 e. The van der Waals surface area contributed by atoms with Crippen molar-refractivity contribution >= 4 is 72.2 Å². The van der Waals surface area contributed by atoms with Gasteiger partial charge >= 0.3 is 0 Å². The van der Waals surface area contributed by atoms with E-state index in [4.69, 9.17) is 21.5 Å². The van der Waals surface area contributed by atoms with E-state index < -0.39 is 0 Å². The predicted molar refractivity (Wildman–Crippen MR) is 267 cm³/mol. The molecule has 304 valence electrons. The molecule has 10 rings (SSSR count). The van der Waals surface area contributed by atoms with Crippen LogP contribution in [0.5, 0.6) is 0 Å². The Morgan fingerprint density at radius 2 is 1.23 bits per heavy atom. The van der Waals surface area contributed by atoms with Gasteiger partial charge in [-0.2, -0.15) is 0 Å². The summed E-state index contributed by atoms with van der Waals surface area (Å²) in [6.45, 7) is 13.9. The van der Waals surface area contributed by atoms with Crippen LogP contribution in [0.25, 0.3) is 88.5 Å². The maximum atomic E-state index is 8.05. The fourth-order valence-electron chi connectivity index (χ4n) is 8.66. The molecular weight excluding hydrogens is 781 g/mol. The van der Waals surface area contributed by atoms with Crippen LogP contribution in [-0.4, -0.2) is 24.1 Å². The third kappa shape index (κ3) is 7.53. The van der Waals surface area contributed by atoms with Gasteiger partial charge in [0.15, 0.2) is 23.2 Å². The van der Waals surface area contributed by atoms with Crippen LogP contribution in [0.2, 0.25) is 0 Å². The lowest BCUT2D eigenvalue weighted by molar-refractivity contribution is 1.01. The Bertz CT molecular complexity index is 3490. The summed E-state index contributed by atoms with van der Waals surface area (Å²) in [5.41, 5.74) is 12.1. The molecule has 7 aromatic carbocycles. The molecule has 0 aliphatic heterocycles. The minimum Gasteiger partial charge on any atom is -0.312 e. The number of hydrogen-bond acceptors (Lipinski definition) is 3. The highest BCUT2D eigenvalue weighted by Crippen LogP contribution is 2.41. The first kappa shape index (κ1) is 39.5. The van der Waals surface area contributed by atoms with Gasteiger partial charge in [-0.3, -0.25) is 0 Å². The van der Waals surface area contributed by atoms with Gasteiger partial charge in [-0.15, -0.1) is 0 Å². The highest BCUT2D eigenvalue weighted by atomic mass is 15.0. The van der Waals surface area contributed by atoms with E-state index in [-0.39, 0.29) is 0 Å². The lowest BCUT2D eigenvalue weighted by Crippen LogP contribution is -2.05. The van der Waals surface area contributed by atoms with Crippen molar-refractivity contribution in [3.63, 3.8) is 0 Å². The summed E-state index contributed by atoms with van der Waals surface area (Å²) in [5, 5.41) is 4.49. The van der Waals surface area contributed by atoms with Crippen molar-refractivity contribution in [1.29, 1.82) is 0 Å². The number of fused-ring (bicyclic) bond motifs is 6. The van der Waals surface area contributed by atoms with E-state index >= 15 is 0 Å². The van der Waals surface area contributed by atoms with Crippen molar-refractivity contribution in [3.05, 3.63) is 247 Å². The summed E-state index contributed by atoms with van der Waals surface area (Å²) in [4.78, 5) is 18.9. The molecule has 0 aliphatic carbocycles. The average molecular weight is 823 g/mol. The molecule has 0 spiro atoms. The summed E-state index contributed by atoms with van der Waals surface area (Å²) in [7, 11) is 0. The first-order valence-electron chi connectivity index (χ1n) is 21.3. The zero-order chi connectivity index (χ0) is 43.4. The Morgan fingerprint density at radius 3 is 1.92 bits per heavy atom. The Kier molecular flexibility index (Phi) is 10.7. The molecular formula is C58H42N6. The molecule has 6 heteroatoms. The zero-order valence-corrected chi connectivity index (χ0v) is 35.3. The molecule has 0 saturated heterocycles. The molecule has 64 heavy (non-hydrogen) atoms. The average Bonchev–Trinajstić information content (AvgIpc) is 3.86. The quantitative estimate of drug-likeness (QED) is 0.0964. The van der Waals surface area contributed by atoms with Crippen LogP contribution in [-0.2, 0) is 6.42 Å². The van der Waals surface area contributed by atoms with Crippen molar-refractivity contribution in [3.8, 4) is 17.1 Å². The van der Waals surface area contributed by atoms with Gasteiger partial charge in [0.1, 0.15) is 0 Å². The SMILES string of the molecule is [C-]#[N+]c1ccc2c(c1)c1cc(-n3c4ccccc4c4ccccc43)ccc1n2/C(Cc1ccccc1)=C(/C=C(\C)c1nc(/C=C/C=C\C=C)nc(-c2ccccc2)n1)c1ccccc1. The van der Waals surface area contributed by atoms with Crippen LogP contribution in [0.3, 0.4) is 0 Å². The second-order valence-electron chi connectivity index (χ2n) is 15.6. The van der Waals surface area contributed by atoms with E-state index in [0.29, 0.717) is 29.6 Å². The number of hydrogen-bond donors (Lipinski definition) is 0. The molecule has 0 saturated carbocycles. The second kappa shape index (κ2) is 17.4. The standard InChI is InChI=1S/C58H42N6/c1-4-5-6-16-31-56-60-57(62-58(61-56)43-25-14-9-15-26-43)40(2)36-48(42-23-12-8-13-24-42)55(37-41-21-10-7-11-22-41)64-53-34-32-44(59-3)38-49(53)50-39-45(33-35-54(50)64)63-51-29-19-17-27-46(51)47-28-18-20-30-52(47)63/h4-36,38-39H,1,37H2,2H3/b6-5-,31-16+,40-36+,55-48-. The fraction of sp³-hybridized carbons (Fsp3) is 0.0345. The van der Waals surface area contributed by atoms with Crippen molar-refractivity contribution in [1.82, 2.24) is 24.1 Å². The van der Waals surface area contributed by atoms with E-state index in [1.165, 1.54) is 10.8 Å². The number of nitrogens with zero attached hydrogens (tertiary/aromatic N) is 6. The number of rotatable bonds is 11. The number of para-hydroxylation sites is 2. The van der Waals surface area contributed by atoms with Gasteiger partial charge in [-0.25, -0.2) is 19.8 Å². The lowest BCUT2D eigenvalue weighted by Gasteiger charge is -2.19. The number of aromatic nitrogens is 5. The molecule has 0 radical (unpaired) electrons. The Hall–Kier alpha value is -8.66. The minimum atomic E-state index is 0.553. The third-order valence-corrected chi connectivity index (χ3v) is 11.6. The van der Waals surface area contributed by atoms with Gasteiger partial charge in [0.05, 0.1) is 28.6 Å². The van der Waals surface area contributed by atoms with Gasteiger partial charge in [0.2, 0.25) is 0 Å². The summed E-state index contributed by atoms with van der Waals surface area (Å²) >= 11 is 0. The monoisotopic (exact) mass is 822 g/mol. The molecule has 3 aromatic heterocycles. The van der Waals surface area contributed by atoms with Crippen LogP contribution >= 0.6 is 0 Å². The molecule has 0 fully saturated rings. The summed E-state index contributed by atoms with van der Waals surface area (Å²) < 4.78 is 4.75. The third-order valence-electron chi connectivity index (χ3n) is 11.6. The summed E-state index contributed by atoms with van der Waals surface area (Å²) in [6, 6.07) is 61.2. The van der Waals surface area contributed by atoms with Crippen LogP contribution in [0.1, 0.15) is 29.7 Å². The van der Waals surface area contributed by atoms with Gasteiger partial charge in [0.25, 0.3) is 0 Å². The molecule has 0 unspecified atom stereocenters. The Labute approximate surface area is 372 Å². The van der Waals surface area contributed by atoms with Gasteiger partial charge < -0.3 is 9.13 Å². The van der Waals surface area contributed by atoms with Crippen molar-refractivity contribution in [2.45, 2.75) is 13.3 Å². The van der Waals surface area contributed by atoms with Gasteiger partial charge in [0, 0.05) is 45.1 Å². The summed E-state index contributed by atoms with van der Waals surface area (Å²) in [6.07, 6.45) is 12.2. The van der Waals surface area contributed by atoms with E-state index in [1.54, 1.807) is 6.08 Å². The summed E-state index contributed by atoms with van der Waals surface area (Å²) in [5.74, 6) is 1.73. The number of benzene rings is 7. The molecule has 0 atom stereocenters. The maximum Gasteiger partial charge on any atom is 0.188 e. The van der Waals surface area contributed by atoms with Crippen LogP contribution in [0, 0.1) is 6.57 Å². The van der Waals surface area contributed by atoms with Crippen LogP contribution in [0.4, 0.5) is 5.69 Å². The Balaban J connectivity index is 1.26.